The van der Waals surface area contributed by atoms with E-state index in [2.05, 4.69) is 10.4 Å². The Morgan fingerprint density at radius 1 is 1.11 bits per heavy atom. The van der Waals surface area contributed by atoms with Crippen LogP contribution in [0, 0.1) is 18.6 Å². The standard InChI is InChI=1S/C21H19F2N3O/c1-14-17(13-24-26(14)19-6-3-2-5-18(19)23)20(27)25-21(11-4-12-21)15-7-9-16(22)10-8-15/h2-3,5-10,13H,4,11-12H2,1H3,(H,25,27). The Kier molecular flexibility index (Phi) is 4.26. The van der Waals surface area contributed by atoms with E-state index in [4.69, 9.17) is 0 Å². The van der Waals surface area contributed by atoms with Crippen LogP contribution in [-0.4, -0.2) is 15.7 Å². The van der Waals surface area contributed by atoms with Crippen molar-refractivity contribution < 1.29 is 13.6 Å². The second-order valence-electron chi connectivity index (χ2n) is 6.90. The van der Waals surface area contributed by atoms with Crippen LogP contribution in [0.1, 0.15) is 40.9 Å². The minimum absolute atomic E-state index is 0.265. The monoisotopic (exact) mass is 367 g/mol. The fraction of sp³-hybridized carbons (Fsp3) is 0.238. The van der Waals surface area contributed by atoms with Crippen molar-refractivity contribution in [3.8, 4) is 5.69 Å². The summed E-state index contributed by atoms with van der Waals surface area (Å²) in [5, 5.41) is 7.29. The predicted molar refractivity (Wildman–Crippen MR) is 97.7 cm³/mol. The molecule has 4 rings (SSSR count). The van der Waals surface area contributed by atoms with Crippen LogP contribution < -0.4 is 5.32 Å². The normalized spacial score (nSPS) is 15.2. The summed E-state index contributed by atoms with van der Waals surface area (Å²) in [4.78, 5) is 12.9. The van der Waals surface area contributed by atoms with Gasteiger partial charge in [-0.3, -0.25) is 4.79 Å². The predicted octanol–water partition coefficient (Wildman–Crippen LogP) is 4.27. The molecular weight excluding hydrogens is 348 g/mol. The maximum Gasteiger partial charge on any atom is 0.255 e. The Morgan fingerprint density at radius 3 is 2.44 bits per heavy atom. The molecule has 1 saturated carbocycles. The van der Waals surface area contributed by atoms with Gasteiger partial charge in [-0.25, -0.2) is 13.5 Å². The molecule has 6 heteroatoms. The lowest BCUT2D eigenvalue weighted by Crippen LogP contribution is -2.50. The van der Waals surface area contributed by atoms with E-state index in [0.717, 1.165) is 24.8 Å². The molecular formula is C21H19F2N3O. The largest absolute Gasteiger partial charge is 0.342 e. The van der Waals surface area contributed by atoms with Gasteiger partial charge in [-0.1, -0.05) is 24.3 Å². The molecule has 0 aliphatic heterocycles. The van der Waals surface area contributed by atoms with Gasteiger partial charge in [-0.05, 0) is 56.0 Å². The van der Waals surface area contributed by atoms with Crippen molar-refractivity contribution in [3.63, 3.8) is 0 Å². The zero-order valence-corrected chi connectivity index (χ0v) is 14.9. The zero-order chi connectivity index (χ0) is 19.0. The maximum absolute atomic E-state index is 14.1. The molecule has 3 aromatic rings. The van der Waals surface area contributed by atoms with Crippen LogP contribution in [-0.2, 0) is 5.54 Å². The highest BCUT2D eigenvalue weighted by molar-refractivity contribution is 5.95. The van der Waals surface area contributed by atoms with Gasteiger partial charge >= 0.3 is 0 Å². The van der Waals surface area contributed by atoms with Gasteiger partial charge in [0.15, 0.2) is 0 Å². The summed E-state index contributed by atoms with van der Waals surface area (Å²) in [6.45, 7) is 1.74. The number of rotatable bonds is 4. The van der Waals surface area contributed by atoms with Gasteiger partial charge in [-0.2, -0.15) is 5.10 Å². The summed E-state index contributed by atoms with van der Waals surface area (Å²) < 4.78 is 28.7. The van der Waals surface area contributed by atoms with Gasteiger partial charge in [0, 0.05) is 0 Å². The lowest BCUT2D eigenvalue weighted by molar-refractivity contribution is 0.0822. The van der Waals surface area contributed by atoms with Crippen LogP contribution in [0.2, 0.25) is 0 Å². The number of nitrogens with zero attached hydrogens (tertiary/aromatic N) is 2. The molecule has 0 saturated heterocycles. The molecule has 1 amide bonds. The number of para-hydroxylation sites is 1. The SMILES string of the molecule is Cc1c(C(=O)NC2(c3ccc(F)cc3)CCC2)cnn1-c1ccccc1F. The summed E-state index contributed by atoms with van der Waals surface area (Å²) in [7, 11) is 0. The Hall–Kier alpha value is -3.02. The summed E-state index contributed by atoms with van der Waals surface area (Å²) in [5.41, 5.74) is 1.66. The number of nitrogens with one attached hydrogen (secondary N) is 1. The average molecular weight is 367 g/mol. The first-order chi connectivity index (χ1) is 13.0. The van der Waals surface area contributed by atoms with Crippen molar-refractivity contribution in [2.24, 2.45) is 0 Å². The third-order valence-corrected chi connectivity index (χ3v) is 5.29. The fourth-order valence-corrected chi connectivity index (χ4v) is 3.57. The molecule has 0 spiro atoms. The number of hydrogen-bond acceptors (Lipinski definition) is 2. The lowest BCUT2D eigenvalue weighted by atomic mass is 9.71. The molecule has 1 aliphatic carbocycles. The van der Waals surface area contributed by atoms with E-state index in [1.54, 1.807) is 37.3 Å². The minimum Gasteiger partial charge on any atom is -0.342 e. The highest BCUT2D eigenvalue weighted by Gasteiger charge is 2.40. The summed E-state index contributed by atoms with van der Waals surface area (Å²) in [5.74, 6) is -0.974. The minimum atomic E-state index is -0.489. The number of halogens is 2. The maximum atomic E-state index is 14.1. The number of amides is 1. The highest BCUT2D eigenvalue weighted by atomic mass is 19.1. The fourth-order valence-electron chi connectivity index (χ4n) is 3.57. The first kappa shape index (κ1) is 17.4. The molecule has 4 nitrogen and oxygen atoms in total. The third kappa shape index (κ3) is 3.01. The first-order valence-corrected chi connectivity index (χ1v) is 8.88. The van der Waals surface area contributed by atoms with Crippen LogP contribution in [0.5, 0.6) is 0 Å². The van der Waals surface area contributed by atoms with Gasteiger partial charge in [0.2, 0.25) is 0 Å². The number of carbonyl (C=O) groups excluding carboxylic acids is 1. The van der Waals surface area contributed by atoms with E-state index in [1.807, 2.05) is 0 Å². The molecule has 27 heavy (non-hydrogen) atoms. The van der Waals surface area contributed by atoms with Gasteiger partial charge < -0.3 is 5.32 Å². The molecule has 1 N–H and O–H groups in total. The van der Waals surface area contributed by atoms with Crippen molar-refractivity contribution in [2.75, 3.05) is 0 Å². The van der Waals surface area contributed by atoms with E-state index in [0.29, 0.717) is 16.9 Å². The average Bonchev–Trinajstić information content (AvgIpc) is 3.01. The first-order valence-electron chi connectivity index (χ1n) is 8.88. The number of carbonyl (C=O) groups is 1. The van der Waals surface area contributed by atoms with Crippen molar-refractivity contribution in [1.29, 1.82) is 0 Å². The summed E-state index contributed by atoms with van der Waals surface area (Å²) in [6.07, 6.45) is 4.04. The second kappa shape index (κ2) is 6.61. The number of aromatic nitrogens is 2. The van der Waals surface area contributed by atoms with Crippen LogP contribution in [0.15, 0.2) is 54.7 Å². The number of benzene rings is 2. The molecule has 1 aromatic heterocycles. The molecule has 1 heterocycles. The second-order valence-corrected chi connectivity index (χ2v) is 6.90. The number of hydrogen-bond donors (Lipinski definition) is 1. The van der Waals surface area contributed by atoms with Gasteiger partial charge in [0.1, 0.15) is 17.3 Å². The van der Waals surface area contributed by atoms with E-state index < -0.39 is 11.4 Å². The molecule has 138 valence electrons. The topological polar surface area (TPSA) is 46.9 Å². The smallest absolute Gasteiger partial charge is 0.255 e. The van der Waals surface area contributed by atoms with Gasteiger partial charge in [-0.15, -0.1) is 0 Å². The van der Waals surface area contributed by atoms with E-state index in [1.165, 1.54) is 29.1 Å². The van der Waals surface area contributed by atoms with Crippen molar-refractivity contribution in [1.82, 2.24) is 15.1 Å². The highest BCUT2D eigenvalue weighted by Crippen LogP contribution is 2.41. The van der Waals surface area contributed by atoms with Crippen molar-refractivity contribution in [2.45, 2.75) is 31.7 Å². The Balaban J connectivity index is 1.62. The van der Waals surface area contributed by atoms with E-state index >= 15 is 0 Å². The molecule has 1 fully saturated rings. The summed E-state index contributed by atoms with van der Waals surface area (Å²) >= 11 is 0. The Bertz CT molecular complexity index is 991. The van der Waals surface area contributed by atoms with Gasteiger partial charge in [0.25, 0.3) is 5.91 Å². The van der Waals surface area contributed by atoms with E-state index in [-0.39, 0.29) is 11.7 Å². The lowest BCUT2D eigenvalue weighted by Gasteiger charge is -2.43. The Labute approximate surface area is 155 Å². The van der Waals surface area contributed by atoms with Crippen molar-refractivity contribution >= 4 is 5.91 Å². The Morgan fingerprint density at radius 2 is 1.81 bits per heavy atom. The van der Waals surface area contributed by atoms with Gasteiger partial charge in [0.05, 0.1) is 23.0 Å². The van der Waals surface area contributed by atoms with Crippen LogP contribution in [0.4, 0.5) is 8.78 Å². The molecule has 0 bridgehead atoms. The van der Waals surface area contributed by atoms with E-state index in [9.17, 15) is 13.6 Å². The van der Waals surface area contributed by atoms with Crippen LogP contribution >= 0.6 is 0 Å². The summed E-state index contributed by atoms with van der Waals surface area (Å²) in [6, 6.07) is 12.5. The van der Waals surface area contributed by atoms with Crippen LogP contribution in [0.3, 0.4) is 0 Å². The quantitative estimate of drug-likeness (QED) is 0.749. The van der Waals surface area contributed by atoms with Crippen LogP contribution in [0.25, 0.3) is 5.69 Å². The zero-order valence-electron chi connectivity index (χ0n) is 14.9. The molecule has 2 aromatic carbocycles. The molecule has 0 unspecified atom stereocenters. The third-order valence-electron chi connectivity index (χ3n) is 5.29. The molecule has 0 radical (unpaired) electrons. The molecule has 1 aliphatic rings. The van der Waals surface area contributed by atoms with Crippen molar-refractivity contribution in [3.05, 3.63) is 83.2 Å². The molecule has 0 atom stereocenters.